The van der Waals surface area contributed by atoms with Gasteiger partial charge >= 0.3 is 0 Å². The Morgan fingerprint density at radius 2 is 2.28 bits per heavy atom. The third kappa shape index (κ3) is 2.24. The van der Waals surface area contributed by atoms with E-state index in [1.54, 1.807) is 27.9 Å². The van der Waals surface area contributed by atoms with Crippen molar-refractivity contribution < 1.29 is 0 Å². The van der Waals surface area contributed by atoms with E-state index in [0.717, 1.165) is 5.82 Å². The third-order valence-corrected chi connectivity index (χ3v) is 2.74. The first-order valence-electron chi connectivity index (χ1n) is 5.79. The summed E-state index contributed by atoms with van der Waals surface area (Å²) in [6, 6.07) is -0.134. The van der Waals surface area contributed by atoms with Gasteiger partial charge in [0.05, 0.1) is 6.04 Å². The third-order valence-electron chi connectivity index (χ3n) is 2.74. The molecular formula is C11H16N6O. The van der Waals surface area contributed by atoms with Crippen LogP contribution in [0.3, 0.4) is 0 Å². The number of hydrogen-bond acceptors (Lipinski definition) is 5. The number of aromatic nitrogens is 5. The molecule has 0 fully saturated rings. The summed E-state index contributed by atoms with van der Waals surface area (Å²) < 4.78 is 3.40. The van der Waals surface area contributed by atoms with Crippen molar-refractivity contribution in [2.75, 3.05) is 5.32 Å². The van der Waals surface area contributed by atoms with E-state index in [1.807, 2.05) is 20.9 Å². The lowest BCUT2D eigenvalue weighted by Gasteiger charge is -2.13. The Balaban J connectivity index is 2.25. The molecule has 0 aliphatic rings. The molecule has 2 aromatic heterocycles. The molecule has 1 N–H and O–H groups in total. The van der Waals surface area contributed by atoms with Crippen LogP contribution >= 0.6 is 0 Å². The maximum Gasteiger partial charge on any atom is 0.293 e. The van der Waals surface area contributed by atoms with Crippen LogP contribution in [0.15, 0.2) is 23.5 Å². The molecule has 0 saturated carbocycles. The Morgan fingerprint density at radius 1 is 1.50 bits per heavy atom. The first-order chi connectivity index (χ1) is 8.63. The van der Waals surface area contributed by atoms with E-state index >= 15 is 0 Å². The average molecular weight is 248 g/mol. The van der Waals surface area contributed by atoms with Crippen molar-refractivity contribution in [1.82, 2.24) is 24.3 Å². The van der Waals surface area contributed by atoms with Gasteiger partial charge in [-0.05, 0) is 13.8 Å². The lowest BCUT2D eigenvalue weighted by Crippen LogP contribution is -2.25. The fraction of sp³-hybridized carbons (Fsp3) is 0.455. The number of hydrogen-bond donors (Lipinski definition) is 1. The molecule has 7 heteroatoms. The van der Waals surface area contributed by atoms with Crippen LogP contribution in [-0.2, 0) is 13.6 Å². The molecule has 18 heavy (non-hydrogen) atoms. The van der Waals surface area contributed by atoms with Gasteiger partial charge in [0.25, 0.3) is 5.56 Å². The standard InChI is InChI=1S/C11H16N6O/c1-4-17-6-5-12-9(11(17)18)14-8(2)10-15-13-7-16(10)3/h5-8H,4H2,1-3H3,(H,12,14). The minimum absolute atomic E-state index is 0.131. The summed E-state index contributed by atoms with van der Waals surface area (Å²) >= 11 is 0. The molecule has 96 valence electrons. The highest BCUT2D eigenvalue weighted by Crippen LogP contribution is 2.11. The minimum Gasteiger partial charge on any atom is -0.356 e. The van der Waals surface area contributed by atoms with Gasteiger partial charge in [0.2, 0.25) is 0 Å². The fourth-order valence-corrected chi connectivity index (χ4v) is 1.75. The molecule has 0 spiro atoms. The van der Waals surface area contributed by atoms with Crippen LogP contribution in [0.4, 0.5) is 5.82 Å². The van der Waals surface area contributed by atoms with E-state index in [4.69, 9.17) is 0 Å². The maximum absolute atomic E-state index is 12.0. The lowest BCUT2D eigenvalue weighted by atomic mass is 10.3. The monoisotopic (exact) mass is 248 g/mol. The van der Waals surface area contributed by atoms with Gasteiger partial charge in [-0.2, -0.15) is 0 Å². The van der Waals surface area contributed by atoms with Gasteiger partial charge in [0, 0.05) is 26.0 Å². The Morgan fingerprint density at radius 3 is 2.89 bits per heavy atom. The fourth-order valence-electron chi connectivity index (χ4n) is 1.75. The van der Waals surface area contributed by atoms with E-state index in [9.17, 15) is 4.79 Å². The zero-order chi connectivity index (χ0) is 13.1. The molecule has 7 nitrogen and oxygen atoms in total. The summed E-state index contributed by atoms with van der Waals surface area (Å²) in [6.45, 7) is 4.44. The molecule has 1 atom stereocenters. The Labute approximate surface area is 105 Å². The second kappa shape index (κ2) is 4.99. The topological polar surface area (TPSA) is 77.6 Å². The van der Waals surface area contributed by atoms with Gasteiger partial charge in [-0.15, -0.1) is 10.2 Å². The zero-order valence-corrected chi connectivity index (χ0v) is 10.7. The molecule has 2 rings (SSSR count). The molecule has 2 heterocycles. The number of aryl methyl sites for hydroxylation is 2. The van der Waals surface area contributed by atoms with E-state index in [-0.39, 0.29) is 11.6 Å². The number of anilines is 1. The van der Waals surface area contributed by atoms with Crippen LogP contribution in [0, 0.1) is 0 Å². The molecule has 0 saturated heterocycles. The van der Waals surface area contributed by atoms with Crippen molar-refractivity contribution in [3.63, 3.8) is 0 Å². The SMILES string of the molecule is CCn1ccnc(NC(C)c2nncn2C)c1=O. The summed E-state index contributed by atoms with van der Waals surface area (Å²) in [6.07, 6.45) is 4.90. The quantitative estimate of drug-likeness (QED) is 0.855. The largest absolute Gasteiger partial charge is 0.356 e. The predicted octanol–water partition coefficient (Wildman–Crippen LogP) is 0.565. The first-order valence-corrected chi connectivity index (χ1v) is 5.79. The highest BCUT2D eigenvalue weighted by atomic mass is 16.1. The molecule has 0 bridgehead atoms. The van der Waals surface area contributed by atoms with Crippen molar-refractivity contribution in [1.29, 1.82) is 0 Å². The summed E-state index contributed by atoms with van der Waals surface area (Å²) in [5.74, 6) is 1.08. The van der Waals surface area contributed by atoms with Crippen molar-refractivity contribution >= 4 is 5.82 Å². The van der Waals surface area contributed by atoms with Gasteiger partial charge in [-0.1, -0.05) is 0 Å². The van der Waals surface area contributed by atoms with Crippen molar-refractivity contribution in [2.24, 2.45) is 7.05 Å². The Kier molecular flexibility index (Phi) is 3.40. The zero-order valence-electron chi connectivity index (χ0n) is 10.7. The van der Waals surface area contributed by atoms with Crippen LogP contribution in [0.5, 0.6) is 0 Å². The molecule has 2 aromatic rings. The summed E-state index contributed by atoms with van der Waals surface area (Å²) in [7, 11) is 1.86. The average Bonchev–Trinajstić information content (AvgIpc) is 2.78. The van der Waals surface area contributed by atoms with Gasteiger partial charge in [0.15, 0.2) is 11.6 Å². The van der Waals surface area contributed by atoms with Gasteiger partial charge in [-0.3, -0.25) is 4.79 Å². The smallest absolute Gasteiger partial charge is 0.293 e. The van der Waals surface area contributed by atoms with Crippen molar-refractivity contribution in [3.8, 4) is 0 Å². The molecule has 1 unspecified atom stereocenters. The second-order valence-corrected chi connectivity index (χ2v) is 4.03. The van der Waals surface area contributed by atoms with Crippen LogP contribution in [-0.4, -0.2) is 24.3 Å². The summed E-state index contributed by atoms with van der Waals surface area (Å²) in [4.78, 5) is 16.0. The van der Waals surface area contributed by atoms with Crippen LogP contribution in [0.25, 0.3) is 0 Å². The highest BCUT2D eigenvalue weighted by molar-refractivity contribution is 5.33. The normalized spacial score (nSPS) is 12.4. The first kappa shape index (κ1) is 12.3. The highest BCUT2D eigenvalue weighted by Gasteiger charge is 2.13. The molecule has 0 aliphatic heterocycles. The van der Waals surface area contributed by atoms with E-state index in [0.29, 0.717) is 12.4 Å². The van der Waals surface area contributed by atoms with Gasteiger partial charge in [-0.25, -0.2) is 4.98 Å². The molecule has 0 radical (unpaired) electrons. The van der Waals surface area contributed by atoms with Crippen molar-refractivity contribution in [3.05, 3.63) is 34.9 Å². The van der Waals surface area contributed by atoms with Crippen molar-refractivity contribution in [2.45, 2.75) is 26.4 Å². The summed E-state index contributed by atoms with van der Waals surface area (Å²) in [5.41, 5.74) is -0.131. The second-order valence-electron chi connectivity index (χ2n) is 4.03. The number of nitrogens with zero attached hydrogens (tertiary/aromatic N) is 5. The van der Waals surface area contributed by atoms with E-state index in [1.165, 1.54) is 0 Å². The predicted molar refractivity (Wildman–Crippen MR) is 67.2 cm³/mol. The number of rotatable bonds is 4. The van der Waals surface area contributed by atoms with E-state index < -0.39 is 0 Å². The van der Waals surface area contributed by atoms with Crippen LogP contribution < -0.4 is 10.9 Å². The molecule has 0 aromatic carbocycles. The molecule has 0 aliphatic carbocycles. The molecule has 0 amide bonds. The van der Waals surface area contributed by atoms with Crippen LogP contribution in [0.2, 0.25) is 0 Å². The Bertz CT molecular complexity index is 587. The van der Waals surface area contributed by atoms with E-state index in [2.05, 4.69) is 20.5 Å². The number of nitrogens with one attached hydrogen (secondary N) is 1. The maximum atomic E-state index is 12.0. The summed E-state index contributed by atoms with van der Waals surface area (Å²) in [5, 5.41) is 10.9. The minimum atomic E-state index is -0.134. The van der Waals surface area contributed by atoms with Crippen LogP contribution in [0.1, 0.15) is 25.7 Å². The van der Waals surface area contributed by atoms with Gasteiger partial charge in [0.1, 0.15) is 6.33 Å². The Hall–Kier alpha value is -2.18. The molecular weight excluding hydrogens is 232 g/mol. The lowest BCUT2D eigenvalue weighted by molar-refractivity contribution is 0.693. The van der Waals surface area contributed by atoms with Gasteiger partial charge < -0.3 is 14.5 Å².